The highest BCUT2D eigenvalue weighted by Crippen LogP contribution is 2.26. The first-order valence-electron chi connectivity index (χ1n) is 7.79. The van der Waals surface area contributed by atoms with Crippen LogP contribution in [0.25, 0.3) is 0 Å². The molecule has 0 saturated heterocycles. The van der Waals surface area contributed by atoms with Crippen LogP contribution in [0.1, 0.15) is 46.6 Å². The van der Waals surface area contributed by atoms with E-state index >= 15 is 0 Å². The first-order chi connectivity index (χ1) is 10.7. The smallest absolute Gasteiger partial charge is 0.256 e. The van der Waals surface area contributed by atoms with Crippen molar-refractivity contribution in [1.82, 2.24) is 0 Å². The van der Waals surface area contributed by atoms with Gasteiger partial charge in [-0.15, -0.1) is 0 Å². The van der Waals surface area contributed by atoms with Gasteiger partial charge < -0.3 is 14.8 Å². The number of carbonyl (C=O) groups excluding carboxylic acids is 1. The molecule has 5 heteroatoms. The number of rotatable bonds is 7. The summed E-state index contributed by atoms with van der Waals surface area (Å²) in [6, 6.07) is 7.12. The van der Waals surface area contributed by atoms with Gasteiger partial charge in [0.15, 0.2) is 0 Å². The number of nitriles is 1. The van der Waals surface area contributed by atoms with Gasteiger partial charge in [0.1, 0.15) is 17.4 Å². The number of nitrogens with one attached hydrogen (secondary N) is 1. The largest absolute Gasteiger partial charge is 0.490 e. The Hall–Kier alpha value is -2.06. The molecule has 1 N–H and O–H groups in total. The molecule has 1 atom stereocenters. The van der Waals surface area contributed by atoms with Gasteiger partial charge in [-0.25, -0.2) is 0 Å². The third kappa shape index (κ3) is 5.26. The molecule has 0 heterocycles. The van der Waals surface area contributed by atoms with Crippen molar-refractivity contribution in [3.63, 3.8) is 0 Å². The van der Waals surface area contributed by atoms with Gasteiger partial charge in [-0.05, 0) is 51.3 Å². The zero-order valence-electron chi connectivity index (χ0n) is 14.8. The highest BCUT2D eigenvalue weighted by molar-refractivity contribution is 5.97. The molecule has 1 aromatic carbocycles. The first-order valence-corrected chi connectivity index (χ1v) is 7.79. The zero-order valence-corrected chi connectivity index (χ0v) is 14.8. The lowest BCUT2D eigenvalue weighted by atomic mass is 9.93. The maximum atomic E-state index is 12.5. The molecule has 0 aliphatic heterocycles. The van der Waals surface area contributed by atoms with Crippen LogP contribution in [0.4, 0.5) is 5.69 Å². The number of anilines is 1. The van der Waals surface area contributed by atoms with E-state index in [4.69, 9.17) is 9.47 Å². The maximum Gasteiger partial charge on any atom is 0.256 e. The molecule has 0 radical (unpaired) electrons. The molecule has 1 rings (SSSR count). The van der Waals surface area contributed by atoms with Crippen LogP contribution < -0.4 is 10.1 Å². The number of nitrogens with zero attached hydrogens (tertiary/aromatic N) is 1. The number of benzene rings is 1. The monoisotopic (exact) mass is 318 g/mol. The second-order valence-electron chi connectivity index (χ2n) is 6.48. The molecule has 23 heavy (non-hydrogen) atoms. The Balaban J connectivity index is 2.96. The number of hydrogen-bond donors (Lipinski definition) is 1. The van der Waals surface area contributed by atoms with Gasteiger partial charge in [0.25, 0.3) is 5.91 Å². The summed E-state index contributed by atoms with van der Waals surface area (Å²) >= 11 is 0. The Morgan fingerprint density at radius 3 is 2.48 bits per heavy atom. The van der Waals surface area contributed by atoms with E-state index in [0.29, 0.717) is 29.3 Å². The lowest BCUT2D eigenvalue weighted by molar-refractivity contribution is -0.137. The SMILES string of the molecule is COC(C)(CC(C)C)C(=O)Nc1ccc(OC(C)C)c(C#N)c1. The topological polar surface area (TPSA) is 71.3 Å². The van der Waals surface area contributed by atoms with E-state index in [-0.39, 0.29) is 12.0 Å². The molecule has 126 valence electrons. The van der Waals surface area contributed by atoms with E-state index in [1.165, 1.54) is 7.11 Å². The molecule has 1 amide bonds. The van der Waals surface area contributed by atoms with Crippen molar-refractivity contribution in [3.8, 4) is 11.8 Å². The van der Waals surface area contributed by atoms with Crippen molar-refractivity contribution in [2.24, 2.45) is 5.92 Å². The van der Waals surface area contributed by atoms with Gasteiger partial charge in [0, 0.05) is 12.8 Å². The van der Waals surface area contributed by atoms with Crippen molar-refractivity contribution in [1.29, 1.82) is 5.26 Å². The van der Waals surface area contributed by atoms with Crippen molar-refractivity contribution in [2.75, 3.05) is 12.4 Å². The number of carbonyl (C=O) groups is 1. The lowest BCUT2D eigenvalue weighted by Gasteiger charge is -2.28. The average Bonchev–Trinajstić information content (AvgIpc) is 2.47. The summed E-state index contributed by atoms with van der Waals surface area (Å²) in [6.07, 6.45) is 0.583. The number of ether oxygens (including phenoxy) is 2. The van der Waals surface area contributed by atoms with Crippen LogP contribution in [0.15, 0.2) is 18.2 Å². The summed E-state index contributed by atoms with van der Waals surface area (Å²) < 4.78 is 11.0. The molecular formula is C18H26N2O3. The van der Waals surface area contributed by atoms with E-state index < -0.39 is 5.60 Å². The third-order valence-corrected chi connectivity index (χ3v) is 3.45. The van der Waals surface area contributed by atoms with Crippen molar-refractivity contribution in [2.45, 2.75) is 52.7 Å². The average molecular weight is 318 g/mol. The zero-order chi connectivity index (χ0) is 17.6. The van der Waals surface area contributed by atoms with Gasteiger partial charge in [-0.2, -0.15) is 5.26 Å². The number of methoxy groups -OCH3 is 1. The van der Waals surface area contributed by atoms with Crippen LogP contribution in [0.3, 0.4) is 0 Å². The molecule has 1 aromatic rings. The van der Waals surface area contributed by atoms with Gasteiger partial charge in [-0.1, -0.05) is 13.8 Å². The molecule has 1 unspecified atom stereocenters. The minimum atomic E-state index is -0.909. The summed E-state index contributed by atoms with van der Waals surface area (Å²) in [5.74, 6) is 0.606. The maximum absolute atomic E-state index is 12.5. The predicted molar refractivity (Wildman–Crippen MR) is 90.4 cm³/mol. The summed E-state index contributed by atoms with van der Waals surface area (Å²) in [5, 5.41) is 12.1. The van der Waals surface area contributed by atoms with E-state index in [1.807, 2.05) is 27.7 Å². The molecule has 0 aliphatic rings. The quantitative estimate of drug-likeness (QED) is 0.831. The van der Waals surface area contributed by atoms with E-state index in [0.717, 1.165) is 0 Å². The summed E-state index contributed by atoms with van der Waals surface area (Å²) in [4.78, 5) is 12.5. The number of hydrogen-bond acceptors (Lipinski definition) is 4. The Kier molecular flexibility index (Phi) is 6.59. The Morgan fingerprint density at radius 1 is 1.35 bits per heavy atom. The summed E-state index contributed by atoms with van der Waals surface area (Å²) in [7, 11) is 1.53. The van der Waals surface area contributed by atoms with Crippen LogP contribution in [-0.2, 0) is 9.53 Å². The van der Waals surface area contributed by atoms with E-state index in [1.54, 1.807) is 25.1 Å². The fraction of sp³-hybridized carbons (Fsp3) is 0.556. The molecular weight excluding hydrogens is 292 g/mol. The normalized spacial score (nSPS) is 13.5. The third-order valence-electron chi connectivity index (χ3n) is 3.45. The molecule has 0 saturated carbocycles. The standard InChI is InChI=1S/C18H26N2O3/c1-12(2)10-18(5,22-6)17(21)20-15-7-8-16(23-13(3)4)14(9-15)11-19/h7-9,12-13H,10H2,1-6H3,(H,20,21). The van der Waals surface area contributed by atoms with Crippen LogP contribution in [0, 0.1) is 17.2 Å². The van der Waals surface area contributed by atoms with Crippen molar-refractivity contribution < 1.29 is 14.3 Å². The second-order valence-corrected chi connectivity index (χ2v) is 6.48. The first kappa shape index (κ1) is 19.0. The molecule has 0 spiro atoms. The van der Waals surface area contributed by atoms with E-state index in [9.17, 15) is 10.1 Å². The second kappa shape index (κ2) is 7.98. The Morgan fingerprint density at radius 2 is 2.00 bits per heavy atom. The summed E-state index contributed by atoms with van der Waals surface area (Å²) in [5.41, 5.74) is 0.0304. The highest BCUT2D eigenvalue weighted by atomic mass is 16.5. The fourth-order valence-corrected chi connectivity index (χ4v) is 2.36. The lowest BCUT2D eigenvalue weighted by Crippen LogP contribution is -2.43. The van der Waals surface area contributed by atoms with Crippen LogP contribution in [0.5, 0.6) is 5.75 Å². The minimum absolute atomic E-state index is 0.0228. The van der Waals surface area contributed by atoms with Crippen LogP contribution >= 0.6 is 0 Å². The summed E-state index contributed by atoms with van der Waals surface area (Å²) in [6.45, 7) is 9.64. The minimum Gasteiger partial charge on any atom is -0.490 e. The van der Waals surface area contributed by atoms with Gasteiger partial charge >= 0.3 is 0 Å². The number of amides is 1. The molecule has 5 nitrogen and oxygen atoms in total. The molecule has 0 aliphatic carbocycles. The van der Waals surface area contributed by atoms with Crippen LogP contribution in [-0.4, -0.2) is 24.7 Å². The molecule has 0 aromatic heterocycles. The van der Waals surface area contributed by atoms with E-state index in [2.05, 4.69) is 11.4 Å². The predicted octanol–water partition coefficient (Wildman–Crippen LogP) is 3.74. The fourth-order valence-electron chi connectivity index (χ4n) is 2.36. The van der Waals surface area contributed by atoms with Gasteiger partial charge in [-0.3, -0.25) is 4.79 Å². The van der Waals surface area contributed by atoms with Gasteiger partial charge in [0.2, 0.25) is 0 Å². The van der Waals surface area contributed by atoms with Crippen LogP contribution in [0.2, 0.25) is 0 Å². The van der Waals surface area contributed by atoms with Crippen molar-refractivity contribution >= 4 is 11.6 Å². The molecule has 0 fully saturated rings. The highest BCUT2D eigenvalue weighted by Gasteiger charge is 2.34. The van der Waals surface area contributed by atoms with Crippen molar-refractivity contribution in [3.05, 3.63) is 23.8 Å². The van der Waals surface area contributed by atoms with Gasteiger partial charge in [0.05, 0.1) is 11.7 Å². The molecule has 0 bridgehead atoms. The Bertz CT molecular complexity index is 590. The Labute approximate surface area is 138 Å².